The molecule has 6 heteroatoms. The van der Waals surface area contributed by atoms with E-state index in [-0.39, 0.29) is 0 Å². The van der Waals surface area contributed by atoms with Crippen LogP contribution in [0.5, 0.6) is 0 Å². The van der Waals surface area contributed by atoms with Gasteiger partial charge in [-0.2, -0.15) is 0 Å². The molecule has 122 valence electrons. The van der Waals surface area contributed by atoms with Crippen molar-refractivity contribution in [3.8, 4) is 0 Å². The second-order valence-corrected chi connectivity index (χ2v) is 6.05. The SMILES string of the molecule is Cc1ccc(C)c(N2C(=O)C(Cl)C(=O)N(c3ccccc3)C2=O)c1. The van der Waals surface area contributed by atoms with Gasteiger partial charge in [-0.15, -0.1) is 11.6 Å². The number of imide groups is 2. The van der Waals surface area contributed by atoms with Crippen molar-refractivity contribution in [2.75, 3.05) is 9.80 Å². The van der Waals surface area contributed by atoms with E-state index in [1.807, 2.05) is 19.1 Å². The molecule has 1 saturated heterocycles. The average molecular weight is 343 g/mol. The monoisotopic (exact) mass is 342 g/mol. The standard InChI is InChI=1S/C18H15ClN2O3/c1-11-8-9-12(2)14(10-11)21-17(23)15(19)16(22)20(18(21)24)13-6-4-3-5-7-13/h3-10,15H,1-2H3. The van der Waals surface area contributed by atoms with Crippen LogP contribution in [0.25, 0.3) is 0 Å². The van der Waals surface area contributed by atoms with Crippen molar-refractivity contribution in [1.29, 1.82) is 0 Å². The van der Waals surface area contributed by atoms with Crippen LogP contribution in [0, 0.1) is 13.8 Å². The fourth-order valence-corrected chi connectivity index (χ4v) is 2.81. The maximum absolute atomic E-state index is 12.9. The zero-order chi connectivity index (χ0) is 17.4. The van der Waals surface area contributed by atoms with Gasteiger partial charge in [0.15, 0.2) is 5.38 Å². The Morgan fingerprint density at radius 2 is 1.50 bits per heavy atom. The summed E-state index contributed by atoms with van der Waals surface area (Å²) in [6.45, 7) is 3.65. The molecule has 1 aliphatic rings. The molecule has 0 saturated carbocycles. The zero-order valence-corrected chi connectivity index (χ0v) is 13.9. The maximum atomic E-state index is 12.9. The first-order valence-electron chi connectivity index (χ1n) is 7.40. The summed E-state index contributed by atoms with van der Waals surface area (Å²) < 4.78 is 0. The van der Waals surface area contributed by atoms with Gasteiger partial charge in [-0.05, 0) is 43.2 Å². The van der Waals surface area contributed by atoms with E-state index in [9.17, 15) is 14.4 Å². The third-order valence-electron chi connectivity index (χ3n) is 3.88. The lowest BCUT2D eigenvalue weighted by Crippen LogP contribution is -2.61. The van der Waals surface area contributed by atoms with Gasteiger partial charge in [-0.25, -0.2) is 14.6 Å². The molecule has 5 nitrogen and oxygen atoms in total. The molecule has 1 fully saturated rings. The van der Waals surface area contributed by atoms with Crippen LogP contribution in [0.2, 0.25) is 0 Å². The minimum Gasteiger partial charge on any atom is -0.272 e. The predicted octanol–water partition coefficient (Wildman–Crippen LogP) is 3.41. The van der Waals surface area contributed by atoms with Gasteiger partial charge in [0.25, 0.3) is 11.8 Å². The molecule has 0 aliphatic carbocycles. The molecule has 1 unspecified atom stereocenters. The van der Waals surface area contributed by atoms with Crippen LogP contribution in [0.3, 0.4) is 0 Å². The topological polar surface area (TPSA) is 57.7 Å². The number of para-hydroxylation sites is 1. The van der Waals surface area contributed by atoms with E-state index in [4.69, 9.17) is 11.6 Å². The number of anilines is 2. The van der Waals surface area contributed by atoms with Gasteiger partial charge >= 0.3 is 6.03 Å². The van der Waals surface area contributed by atoms with E-state index in [1.54, 1.807) is 43.3 Å². The molecule has 4 amide bonds. The molecule has 0 aromatic heterocycles. The normalized spacial score (nSPS) is 18.3. The molecule has 0 N–H and O–H groups in total. The molecule has 2 aromatic rings. The molecular formula is C18H15ClN2O3. The van der Waals surface area contributed by atoms with E-state index in [0.29, 0.717) is 11.4 Å². The second-order valence-electron chi connectivity index (χ2n) is 5.62. The highest BCUT2D eigenvalue weighted by molar-refractivity contribution is 6.52. The van der Waals surface area contributed by atoms with E-state index >= 15 is 0 Å². The summed E-state index contributed by atoms with van der Waals surface area (Å²) in [6.07, 6.45) is 0. The van der Waals surface area contributed by atoms with Gasteiger partial charge in [0.2, 0.25) is 0 Å². The molecule has 3 rings (SSSR count). The number of hydrogen-bond acceptors (Lipinski definition) is 3. The van der Waals surface area contributed by atoms with Crippen LogP contribution in [0.1, 0.15) is 11.1 Å². The first kappa shape index (κ1) is 16.2. The Hall–Kier alpha value is -2.66. The summed E-state index contributed by atoms with van der Waals surface area (Å²) in [7, 11) is 0. The fraction of sp³-hybridized carbons (Fsp3) is 0.167. The number of barbiturate groups is 1. The van der Waals surface area contributed by atoms with Crippen molar-refractivity contribution in [1.82, 2.24) is 0 Å². The summed E-state index contributed by atoms with van der Waals surface area (Å²) in [6, 6.07) is 13.1. The van der Waals surface area contributed by atoms with Crippen LogP contribution in [-0.4, -0.2) is 23.2 Å². The Labute approximate surface area is 144 Å². The number of benzene rings is 2. The van der Waals surface area contributed by atoms with Crippen LogP contribution in [-0.2, 0) is 9.59 Å². The fourth-order valence-electron chi connectivity index (χ4n) is 2.62. The lowest BCUT2D eigenvalue weighted by molar-refractivity contribution is -0.126. The van der Waals surface area contributed by atoms with Gasteiger partial charge in [-0.3, -0.25) is 9.59 Å². The molecule has 24 heavy (non-hydrogen) atoms. The highest BCUT2D eigenvalue weighted by atomic mass is 35.5. The summed E-state index contributed by atoms with van der Waals surface area (Å²) in [5.41, 5.74) is 2.45. The molecule has 0 radical (unpaired) electrons. The van der Waals surface area contributed by atoms with Crippen LogP contribution in [0.15, 0.2) is 48.5 Å². The minimum atomic E-state index is -1.44. The number of aryl methyl sites for hydroxylation is 2. The lowest BCUT2D eigenvalue weighted by Gasteiger charge is -2.35. The lowest BCUT2D eigenvalue weighted by atomic mass is 10.1. The summed E-state index contributed by atoms with van der Waals surface area (Å²) in [4.78, 5) is 39.7. The Kier molecular flexibility index (Phi) is 4.11. The number of urea groups is 1. The smallest absolute Gasteiger partial charge is 0.272 e. The number of nitrogens with zero attached hydrogens (tertiary/aromatic N) is 2. The van der Waals surface area contributed by atoms with E-state index in [1.165, 1.54) is 0 Å². The predicted molar refractivity (Wildman–Crippen MR) is 92.4 cm³/mol. The van der Waals surface area contributed by atoms with Gasteiger partial charge in [0, 0.05) is 0 Å². The highest BCUT2D eigenvalue weighted by Crippen LogP contribution is 2.30. The number of hydrogen-bond donors (Lipinski definition) is 0. The van der Waals surface area contributed by atoms with Crippen molar-refractivity contribution < 1.29 is 14.4 Å². The number of carbonyl (C=O) groups excluding carboxylic acids is 3. The first-order chi connectivity index (χ1) is 11.4. The van der Waals surface area contributed by atoms with Crippen LogP contribution < -0.4 is 9.80 Å². The van der Waals surface area contributed by atoms with Crippen molar-refractivity contribution in [3.05, 3.63) is 59.7 Å². The van der Waals surface area contributed by atoms with Crippen molar-refractivity contribution in [2.24, 2.45) is 0 Å². The number of carbonyl (C=O) groups is 3. The summed E-state index contributed by atoms with van der Waals surface area (Å²) in [5.74, 6) is -1.47. The number of alkyl halides is 1. The molecule has 1 atom stereocenters. The van der Waals surface area contributed by atoms with Gasteiger partial charge in [0.05, 0.1) is 11.4 Å². The second kappa shape index (κ2) is 6.09. The van der Waals surface area contributed by atoms with Crippen molar-refractivity contribution >= 4 is 40.8 Å². The van der Waals surface area contributed by atoms with Gasteiger partial charge < -0.3 is 0 Å². The Balaban J connectivity index is 2.13. The largest absolute Gasteiger partial charge is 0.342 e. The molecule has 2 aromatic carbocycles. The number of rotatable bonds is 2. The van der Waals surface area contributed by atoms with Gasteiger partial charge in [0.1, 0.15) is 0 Å². The molecule has 0 bridgehead atoms. The van der Waals surface area contributed by atoms with Crippen molar-refractivity contribution in [2.45, 2.75) is 19.2 Å². The Bertz CT molecular complexity index is 835. The summed E-state index contributed by atoms with van der Waals surface area (Å²) in [5, 5.41) is -1.44. The Morgan fingerprint density at radius 1 is 0.875 bits per heavy atom. The number of amides is 4. The van der Waals surface area contributed by atoms with Crippen LogP contribution >= 0.6 is 11.6 Å². The highest BCUT2D eigenvalue weighted by Gasteiger charge is 2.46. The zero-order valence-electron chi connectivity index (χ0n) is 13.2. The van der Waals surface area contributed by atoms with E-state index < -0.39 is 23.2 Å². The maximum Gasteiger partial charge on any atom is 0.342 e. The molecule has 1 heterocycles. The van der Waals surface area contributed by atoms with Crippen LogP contribution in [0.4, 0.5) is 16.2 Å². The molecule has 1 aliphatic heterocycles. The molecular weight excluding hydrogens is 328 g/mol. The summed E-state index contributed by atoms with van der Waals surface area (Å²) >= 11 is 6.03. The third kappa shape index (κ3) is 2.57. The van der Waals surface area contributed by atoms with Gasteiger partial charge in [-0.1, -0.05) is 30.3 Å². The third-order valence-corrected chi connectivity index (χ3v) is 4.25. The number of halogens is 1. The Morgan fingerprint density at radius 3 is 2.17 bits per heavy atom. The average Bonchev–Trinajstić information content (AvgIpc) is 2.57. The first-order valence-corrected chi connectivity index (χ1v) is 7.83. The van der Waals surface area contributed by atoms with E-state index in [2.05, 4.69) is 0 Å². The minimum absolute atomic E-state index is 0.376. The quantitative estimate of drug-likeness (QED) is 0.620. The van der Waals surface area contributed by atoms with E-state index in [0.717, 1.165) is 20.9 Å². The molecule has 0 spiro atoms. The van der Waals surface area contributed by atoms with Crippen molar-refractivity contribution in [3.63, 3.8) is 0 Å².